The summed E-state index contributed by atoms with van der Waals surface area (Å²) in [5.41, 5.74) is 1.10. The Morgan fingerprint density at radius 1 is 1.21 bits per heavy atom. The minimum absolute atomic E-state index is 0.0676. The molecule has 19 heavy (non-hydrogen) atoms. The van der Waals surface area contributed by atoms with Gasteiger partial charge in [-0.15, -0.1) is 0 Å². The average molecular weight is 408 g/mol. The van der Waals surface area contributed by atoms with Gasteiger partial charge in [0, 0.05) is 15.4 Å². The van der Waals surface area contributed by atoms with Crippen LogP contribution < -0.4 is 0 Å². The molecular formula is C14H10Br2ClFO. The first-order chi connectivity index (χ1) is 8.99. The van der Waals surface area contributed by atoms with Crippen molar-refractivity contribution in [3.8, 4) is 0 Å². The summed E-state index contributed by atoms with van der Waals surface area (Å²) < 4.78 is 15.4. The van der Waals surface area contributed by atoms with Crippen LogP contribution in [0.2, 0.25) is 5.02 Å². The van der Waals surface area contributed by atoms with Crippen LogP contribution in [0, 0.1) is 5.82 Å². The first-order valence-corrected chi connectivity index (χ1v) is 7.51. The molecule has 5 heteroatoms. The van der Waals surface area contributed by atoms with Gasteiger partial charge in [-0.05, 0) is 35.4 Å². The fourth-order valence-electron chi connectivity index (χ4n) is 1.79. The summed E-state index contributed by atoms with van der Waals surface area (Å²) >= 11 is 12.5. The second-order valence-corrected chi connectivity index (χ2v) is 6.28. The second kappa shape index (κ2) is 6.35. The Labute approximate surface area is 132 Å². The Morgan fingerprint density at radius 2 is 1.95 bits per heavy atom. The van der Waals surface area contributed by atoms with Crippen molar-refractivity contribution in [3.63, 3.8) is 0 Å². The monoisotopic (exact) mass is 406 g/mol. The summed E-state index contributed by atoms with van der Waals surface area (Å²) in [7, 11) is 0. The highest BCUT2D eigenvalue weighted by Crippen LogP contribution is 2.30. The first-order valence-electron chi connectivity index (χ1n) is 5.55. The molecule has 0 spiro atoms. The Balaban J connectivity index is 2.28. The Bertz CT molecular complexity index is 604. The van der Waals surface area contributed by atoms with Gasteiger partial charge in [0.2, 0.25) is 0 Å². The third-order valence-corrected chi connectivity index (χ3v) is 4.27. The van der Waals surface area contributed by atoms with Gasteiger partial charge in [0.25, 0.3) is 0 Å². The van der Waals surface area contributed by atoms with Crippen LogP contribution in [0.5, 0.6) is 0 Å². The van der Waals surface area contributed by atoms with E-state index < -0.39 is 11.9 Å². The molecule has 0 bridgehead atoms. The maximum Gasteiger partial charge on any atom is 0.145 e. The Hall–Kier alpha value is -0.420. The molecule has 1 unspecified atom stereocenters. The lowest BCUT2D eigenvalue weighted by molar-refractivity contribution is 0.176. The fraction of sp³-hybridized carbons (Fsp3) is 0.143. The molecule has 0 saturated carbocycles. The van der Waals surface area contributed by atoms with Gasteiger partial charge in [0.1, 0.15) is 5.82 Å². The molecule has 0 amide bonds. The van der Waals surface area contributed by atoms with E-state index >= 15 is 0 Å². The summed E-state index contributed by atoms with van der Waals surface area (Å²) in [4.78, 5) is 0. The Kier molecular flexibility index (Phi) is 5.01. The van der Waals surface area contributed by atoms with Gasteiger partial charge in [0.15, 0.2) is 0 Å². The number of benzene rings is 2. The zero-order valence-electron chi connectivity index (χ0n) is 9.71. The van der Waals surface area contributed by atoms with Crippen molar-refractivity contribution in [2.75, 3.05) is 0 Å². The Morgan fingerprint density at radius 3 is 2.68 bits per heavy atom. The summed E-state index contributed by atoms with van der Waals surface area (Å²) in [5.74, 6) is -0.477. The van der Waals surface area contributed by atoms with E-state index in [0.29, 0.717) is 11.1 Å². The van der Waals surface area contributed by atoms with Crippen LogP contribution in [0.15, 0.2) is 45.3 Å². The highest BCUT2D eigenvalue weighted by molar-refractivity contribution is 9.11. The van der Waals surface area contributed by atoms with Crippen LogP contribution >= 0.6 is 43.5 Å². The molecule has 0 heterocycles. The molecule has 0 radical (unpaired) electrons. The van der Waals surface area contributed by atoms with Crippen LogP contribution in [0.25, 0.3) is 0 Å². The van der Waals surface area contributed by atoms with Crippen LogP contribution in [-0.2, 0) is 6.42 Å². The molecule has 0 fully saturated rings. The lowest BCUT2D eigenvalue weighted by Crippen LogP contribution is -2.04. The molecule has 2 rings (SSSR count). The number of aliphatic hydroxyl groups excluding tert-OH is 1. The van der Waals surface area contributed by atoms with Crippen LogP contribution in [0.4, 0.5) is 4.39 Å². The van der Waals surface area contributed by atoms with E-state index in [1.807, 2.05) is 12.1 Å². The maximum atomic E-state index is 13.8. The third-order valence-electron chi connectivity index (χ3n) is 2.76. The number of halogens is 4. The standard InChI is InChI=1S/C14H10Br2ClFO/c15-9-4-5-11(16)10(7-9)13(19)6-8-2-1-3-12(17)14(8)18/h1-5,7,13,19H,6H2. The molecule has 0 saturated heterocycles. The lowest BCUT2D eigenvalue weighted by atomic mass is 10.0. The number of aliphatic hydroxyl groups is 1. The van der Waals surface area contributed by atoms with Crippen molar-refractivity contribution < 1.29 is 9.50 Å². The van der Waals surface area contributed by atoms with Crippen molar-refractivity contribution in [2.45, 2.75) is 12.5 Å². The number of hydrogen-bond acceptors (Lipinski definition) is 1. The molecular weight excluding hydrogens is 398 g/mol. The van der Waals surface area contributed by atoms with Crippen molar-refractivity contribution in [1.82, 2.24) is 0 Å². The molecule has 1 N–H and O–H groups in total. The predicted octanol–water partition coefficient (Wildman–Crippen LogP) is 5.28. The molecule has 1 nitrogen and oxygen atoms in total. The fourth-order valence-corrected chi connectivity index (χ4v) is 2.88. The molecule has 0 aliphatic heterocycles. The average Bonchev–Trinajstić information content (AvgIpc) is 2.38. The number of hydrogen-bond donors (Lipinski definition) is 1. The first kappa shape index (κ1) is 15.0. The van der Waals surface area contributed by atoms with E-state index in [9.17, 15) is 9.50 Å². The molecule has 0 aliphatic rings. The van der Waals surface area contributed by atoms with E-state index in [1.54, 1.807) is 18.2 Å². The molecule has 2 aromatic rings. The summed E-state index contributed by atoms with van der Waals surface area (Å²) in [5, 5.41) is 10.3. The quantitative estimate of drug-likeness (QED) is 0.733. The van der Waals surface area contributed by atoms with E-state index in [1.165, 1.54) is 6.07 Å². The summed E-state index contributed by atoms with van der Waals surface area (Å²) in [6.07, 6.45) is -0.638. The van der Waals surface area contributed by atoms with E-state index in [4.69, 9.17) is 11.6 Å². The maximum absolute atomic E-state index is 13.8. The van der Waals surface area contributed by atoms with Gasteiger partial charge in [-0.25, -0.2) is 4.39 Å². The van der Waals surface area contributed by atoms with Crippen molar-refractivity contribution in [1.29, 1.82) is 0 Å². The van der Waals surface area contributed by atoms with Gasteiger partial charge in [-0.3, -0.25) is 0 Å². The highest BCUT2D eigenvalue weighted by atomic mass is 79.9. The zero-order valence-corrected chi connectivity index (χ0v) is 13.6. The normalized spacial score (nSPS) is 12.5. The summed E-state index contributed by atoms with van der Waals surface area (Å²) in [6, 6.07) is 10.3. The third kappa shape index (κ3) is 3.57. The van der Waals surface area contributed by atoms with Gasteiger partial charge in [0.05, 0.1) is 11.1 Å². The number of rotatable bonds is 3. The lowest BCUT2D eigenvalue weighted by Gasteiger charge is -2.14. The highest BCUT2D eigenvalue weighted by Gasteiger charge is 2.16. The van der Waals surface area contributed by atoms with Crippen LogP contribution in [0.3, 0.4) is 0 Å². The molecule has 0 aromatic heterocycles. The van der Waals surface area contributed by atoms with E-state index in [-0.39, 0.29) is 11.4 Å². The van der Waals surface area contributed by atoms with E-state index in [2.05, 4.69) is 31.9 Å². The molecule has 0 aliphatic carbocycles. The van der Waals surface area contributed by atoms with Gasteiger partial charge in [-0.1, -0.05) is 55.6 Å². The van der Waals surface area contributed by atoms with Crippen molar-refractivity contribution >= 4 is 43.5 Å². The zero-order chi connectivity index (χ0) is 14.0. The molecule has 100 valence electrons. The van der Waals surface area contributed by atoms with Crippen LogP contribution in [-0.4, -0.2) is 5.11 Å². The van der Waals surface area contributed by atoms with Crippen molar-refractivity contribution in [2.24, 2.45) is 0 Å². The predicted molar refractivity (Wildman–Crippen MR) is 81.9 cm³/mol. The largest absolute Gasteiger partial charge is 0.388 e. The minimum atomic E-state index is -0.806. The summed E-state index contributed by atoms with van der Waals surface area (Å²) in [6.45, 7) is 0. The second-order valence-electron chi connectivity index (χ2n) is 4.10. The minimum Gasteiger partial charge on any atom is -0.388 e. The van der Waals surface area contributed by atoms with Crippen molar-refractivity contribution in [3.05, 3.63) is 67.3 Å². The molecule has 1 atom stereocenters. The van der Waals surface area contributed by atoms with Gasteiger partial charge >= 0.3 is 0 Å². The van der Waals surface area contributed by atoms with E-state index in [0.717, 1.165) is 8.95 Å². The topological polar surface area (TPSA) is 20.2 Å². The van der Waals surface area contributed by atoms with Gasteiger partial charge < -0.3 is 5.11 Å². The molecule has 2 aromatic carbocycles. The van der Waals surface area contributed by atoms with Gasteiger partial charge in [-0.2, -0.15) is 0 Å². The smallest absolute Gasteiger partial charge is 0.145 e. The van der Waals surface area contributed by atoms with Crippen LogP contribution in [0.1, 0.15) is 17.2 Å². The SMILES string of the molecule is OC(Cc1cccc(Cl)c1F)c1cc(Br)ccc1Br.